The molecule has 2 heterocycles. The highest BCUT2D eigenvalue weighted by molar-refractivity contribution is 6.32. The van der Waals surface area contributed by atoms with Crippen LogP contribution < -0.4 is 9.47 Å². The fraction of sp³-hybridized carbons (Fsp3) is 0.357. The van der Waals surface area contributed by atoms with E-state index in [2.05, 4.69) is 5.10 Å². The van der Waals surface area contributed by atoms with Crippen LogP contribution in [0.5, 0.6) is 11.5 Å². The number of rotatable bonds is 3. The number of halogens is 2. The van der Waals surface area contributed by atoms with Gasteiger partial charge in [-0.15, -0.1) is 0 Å². The van der Waals surface area contributed by atoms with E-state index in [0.717, 1.165) is 0 Å². The second-order valence-corrected chi connectivity index (χ2v) is 5.87. The van der Waals surface area contributed by atoms with E-state index in [9.17, 15) is 5.11 Å². The summed E-state index contributed by atoms with van der Waals surface area (Å²) in [5, 5.41) is 15.6. The van der Waals surface area contributed by atoms with Gasteiger partial charge in [0.2, 0.25) is 6.79 Å². The van der Waals surface area contributed by atoms with Crippen LogP contribution in [0.4, 0.5) is 0 Å². The first-order chi connectivity index (χ1) is 9.99. The Balaban J connectivity index is 2.05. The monoisotopic (exact) mass is 328 g/mol. The van der Waals surface area contributed by atoms with Gasteiger partial charge in [-0.2, -0.15) is 5.10 Å². The Labute approximate surface area is 132 Å². The molecule has 0 bridgehead atoms. The molecule has 7 heteroatoms. The maximum Gasteiger partial charge on any atom is 0.231 e. The summed E-state index contributed by atoms with van der Waals surface area (Å²) < 4.78 is 12.3. The summed E-state index contributed by atoms with van der Waals surface area (Å²) in [6.45, 7) is 4.05. The van der Waals surface area contributed by atoms with Crippen LogP contribution in [0.3, 0.4) is 0 Å². The number of nitrogens with zero attached hydrogens (tertiary/aromatic N) is 2. The molecule has 1 aromatic carbocycles. The standard InChI is InChI=1S/C14H14Cl2N2O3/c1-7(2)18-12(10(16)5-17-18)13(19)8-3-9(15)14-11(4-8)20-6-21-14/h3-5,7,13,19H,6H2,1-2H3. The summed E-state index contributed by atoms with van der Waals surface area (Å²) in [6.07, 6.45) is 0.573. The molecule has 1 unspecified atom stereocenters. The molecule has 5 nitrogen and oxygen atoms in total. The van der Waals surface area contributed by atoms with E-state index >= 15 is 0 Å². The van der Waals surface area contributed by atoms with Crippen molar-refractivity contribution in [3.63, 3.8) is 0 Å². The van der Waals surface area contributed by atoms with E-state index in [1.165, 1.54) is 6.20 Å². The van der Waals surface area contributed by atoms with Crippen LogP contribution in [-0.2, 0) is 0 Å². The zero-order chi connectivity index (χ0) is 15.1. The van der Waals surface area contributed by atoms with Crippen LogP contribution >= 0.6 is 23.2 Å². The summed E-state index contributed by atoms with van der Waals surface area (Å²) >= 11 is 12.3. The van der Waals surface area contributed by atoms with E-state index in [4.69, 9.17) is 32.7 Å². The lowest BCUT2D eigenvalue weighted by Gasteiger charge is -2.17. The van der Waals surface area contributed by atoms with Crippen molar-refractivity contribution in [2.45, 2.75) is 26.0 Å². The molecule has 0 saturated heterocycles. The number of ether oxygens (including phenoxy) is 2. The maximum absolute atomic E-state index is 10.6. The van der Waals surface area contributed by atoms with Gasteiger partial charge in [0.25, 0.3) is 0 Å². The molecular weight excluding hydrogens is 315 g/mol. The van der Waals surface area contributed by atoms with Crippen LogP contribution in [-0.4, -0.2) is 21.7 Å². The van der Waals surface area contributed by atoms with Crippen LogP contribution in [0.1, 0.15) is 37.3 Å². The van der Waals surface area contributed by atoms with Crippen molar-refractivity contribution < 1.29 is 14.6 Å². The molecule has 1 aromatic heterocycles. The predicted molar refractivity (Wildman–Crippen MR) is 79.3 cm³/mol. The normalized spacial score (nSPS) is 14.8. The number of aromatic nitrogens is 2. The van der Waals surface area contributed by atoms with E-state index in [1.54, 1.807) is 16.8 Å². The fourth-order valence-electron chi connectivity index (χ4n) is 2.32. The lowest BCUT2D eigenvalue weighted by Crippen LogP contribution is -2.12. The number of hydrogen-bond donors (Lipinski definition) is 1. The maximum atomic E-state index is 10.6. The van der Waals surface area contributed by atoms with Crippen molar-refractivity contribution in [3.8, 4) is 11.5 Å². The molecule has 0 amide bonds. The number of benzene rings is 1. The van der Waals surface area contributed by atoms with E-state index in [1.807, 2.05) is 13.8 Å². The van der Waals surface area contributed by atoms with Crippen molar-refractivity contribution >= 4 is 23.2 Å². The minimum Gasteiger partial charge on any atom is -0.454 e. The van der Waals surface area contributed by atoms with E-state index < -0.39 is 6.10 Å². The third-order valence-corrected chi connectivity index (χ3v) is 3.87. The molecule has 2 aromatic rings. The Kier molecular flexibility index (Phi) is 3.73. The number of aliphatic hydroxyl groups excluding tert-OH is 1. The molecular formula is C14H14Cl2N2O3. The Morgan fingerprint density at radius 3 is 2.71 bits per heavy atom. The van der Waals surface area contributed by atoms with Gasteiger partial charge in [-0.1, -0.05) is 23.2 Å². The molecule has 1 aliphatic rings. The summed E-state index contributed by atoms with van der Waals surface area (Å²) in [6, 6.07) is 3.42. The number of fused-ring (bicyclic) bond motifs is 1. The molecule has 0 saturated carbocycles. The first-order valence-electron chi connectivity index (χ1n) is 6.49. The SMILES string of the molecule is CC(C)n1ncc(Cl)c1C(O)c1cc(Cl)c2c(c1)OCO2. The first kappa shape index (κ1) is 14.5. The average molecular weight is 329 g/mol. The topological polar surface area (TPSA) is 56.5 Å². The smallest absolute Gasteiger partial charge is 0.231 e. The highest BCUT2D eigenvalue weighted by Crippen LogP contribution is 2.42. The molecule has 21 heavy (non-hydrogen) atoms. The van der Waals surface area contributed by atoms with Crippen molar-refractivity contribution in [1.82, 2.24) is 9.78 Å². The van der Waals surface area contributed by atoms with Gasteiger partial charge in [-0.3, -0.25) is 4.68 Å². The summed E-state index contributed by atoms with van der Waals surface area (Å²) in [5.41, 5.74) is 1.11. The molecule has 0 spiro atoms. The lowest BCUT2D eigenvalue weighted by atomic mass is 10.1. The molecule has 0 fully saturated rings. The van der Waals surface area contributed by atoms with Crippen LogP contribution in [0.15, 0.2) is 18.3 Å². The molecule has 0 aliphatic carbocycles. The van der Waals surface area contributed by atoms with Crippen molar-refractivity contribution in [2.75, 3.05) is 6.79 Å². The van der Waals surface area contributed by atoms with Gasteiger partial charge in [-0.05, 0) is 31.5 Å². The van der Waals surface area contributed by atoms with Gasteiger partial charge in [0.15, 0.2) is 11.5 Å². The molecule has 1 aliphatic heterocycles. The number of hydrogen-bond acceptors (Lipinski definition) is 4. The fourth-order valence-corrected chi connectivity index (χ4v) is 2.83. The van der Waals surface area contributed by atoms with E-state index in [0.29, 0.717) is 32.8 Å². The van der Waals surface area contributed by atoms with Crippen molar-refractivity contribution in [2.24, 2.45) is 0 Å². The van der Waals surface area contributed by atoms with Gasteiger partial charge in [-0.25, -0.2) is 0 Å². The average Bonchev–Trinajstić information content (AvgIpc) is 3.04. The Morgan fingerprint density at radius 2 is 2.00 bits per heavy atom. The Morgan fingerprint density at radius 1 is 1.24 bits per heavy atom. The number of aliphatic hydroxyl groups is 1. The quantitative estimate of drug-likeness (QED) is 0.935. The Hall–Kier alpha value is -1.43. The minimum absolute atomic E-state index is 0.0756. The first-order valence-corrected chi connectivity index (χ1v) is 7.24. The largest absolute Gasteiger partial charge is 0.454 e. The van der Waals surface area contributed by atoms with Gasteiger partial charge in [0.1, 0.15) is 6.10 Å². The molecule has 1 N–H and O–H groups in total. The van der Waals surface area contributed by atoms with Crippen LogP contribution in [0.25, 0.3) is 0 Å². The summed E-state index contributed by atoms with van der Waals surface area (Å²) in [4.78, 5) is 0. The third kappa shape index (κ3) is 2.46. The molecule has 0 radical (unpaired) electrons. The van der Waals surface area contributed by atoms with Crippen LogP contribution in [0.2, 0.25) is 10.0 Å². The van der Waals surface area contributed by atoms with Crippen molar-refractivity contribution in [3.05, 3.63) is 39.6 Å². The molecule has 112 valence electrons. The summed E-state index contributed by atoms with van der Waals surface area (Å²) in [5.74, 6) is 1.01. The second kappa shape index (κ2) is 5.40. The zero-order valence-electron chi connectivity index (χ0n) is 11.5. The molecule has 1 atom stereocenters. The molecule has 3 rings (SSSR count). The highest BCUT2D eigenvalue weighted by Gasteiger charge is 2.25. The summed E-state index contributed by atoms with van der Waals surface area (Å²) in [7, 11) is 0. The van der Waals surface area contributed by atoms with E-state index in [-0.39, 0.29) is 12.8 Å². The zero-order valence-corrected chi connectivity index (χ0v) is 13.0. The van der Waals surface area contributed by atoms with Gasteiger partial charge >= 0.3 is 0 Å². The Bertz CT molecular complexity index is 685. The van der Waals surface area contributed by atoms with Gasteiger partial charge in [0.05, 0.1) is 21.9 Å². The highest BCUT2D eigenvalue weighted by atomic mass is 35.5. The van der Waals surface area contributed by atoms with Gasteiger partial charge in [0, 0.05) is 6.04 Å². The van der Waals surface area contributed by atoms with Crippen LogP contribution in [0, 0.1) is 0 Å². The minimum atomic E-state index is -0.950. The third-order valence-electron chi connectivity index (χ3n) is 3.30. The second-order valence-electron chi connectivity index (χ2n) is 5.06. The van der Waals surface area contributed by atoms with Crippen molar-refractivity contribution in [1.29, 1.82) is 0 Å². The lowest BCUT2D eigenvalue weighted by molar-refractivity contribution is 0.173. The van der Waals surface area contributed by atoms with Gasteiger partial charge < -0.3 is 14.6 Å². The predicted octanol–water partition coefficient (Wildman–Crippen LogP) is 3.58.